The van der Waals surface area contributed by atoms with E-state index in [1.165, 1.54) is 55.4 Å². The first-order chi connectivity index (χ1) is 49.5. The molecule has 107 heavy (non-hydrogen) atoms. The van der Waals surface area contributed by atoms with E-state index >= 15 is 0 Å². The number of thiol groups is 1. The van der Waals surface area contributed by atoms with Gasteiger partial charge in [0.25, 0.3) is 0 Å². The molecule has 0 spiro atoms. The van der Waals surface area contributed by atoms with Crippen LogP contribution in [0.1, 0.15) is 154 Å². The van der Waals surface area contributed by atoms with E-state index in [1.807, 2.05) is 13.8 Å². The molecule has 0 unspecified atom stereocenters. The van der Waals surface area contributed by atoms with Crippen LogP contribution in [0.25, 0.3) is 0 Å². The molecule has 32 N–H and O–H groups in total. The third kappa shape index (κ3) is 52.8. The van der Waals surface area contributed by atoms with Gasteiger partial charge in [-0.15, -0.1) is 0 Å². The average Bonchev–Trinajstić information content (AvgIpc) is 0.896. The first-order valence-corrected chi connectivity index (χ1v) is 35.2. The Morgan fingerprint density at radius 1 is 0.308 bits per heavy atom. The molecule has 0 aliphatic heterocycles. The van der Waals surface area contributed by atoms with Crippen molar-refractivity contribution in [3.8, 4) is 0 Å². The molecule has 0 aliphatic carbocycles. The SMILES string of the molecule is C=C(N)NCCC[C@H](NC(=O)[C@H](C)NC(C)=O)C(=O)N[C@@H](CC(C)C)C(N)=O.C=C(N)NCCC[C@H](NC(=O)[C@H](C)NC(C)=O)C(=O)N[C@@H](CC)C(N)=O.C=C(N)NCCC[C@H](NC(=O)[C@H](C)NC(C)=O)C(=O)N[C@@H](CS)C(N)=O.C=C(N)NCCC[C@H](NC(=O)[C@H](C)NC(C)=O)C(=O)N[C@H](C(N)=O)C(C)C. The summed E-state index contributed by atoms with van der Waals surface area (Å²) in [6, 6.07) is -10.3. The fraction of sp³-hybridized carbons (Fsp3) is 0.636. The molecule has 0 radical (unpaired) electrons. The smallest absolute Gasteiger partial charge is 0.243 e. The molecule has 0 heterocycles. The maximum atomic E-state index is 12.7. The van der Waals surface area contributed by atoms with Crippen LogP contribution in [-0.4, -0.2) is 199 Å². The van der Waals surface area contributed by atoms with Gasteiger partial charge in [0.1, 0.15) is 72.5 Å². The van der Waals surface area contributed by atoms with Crippen LogP contribution >= 0.6 is 12.6 Å². The van der Waals surface area contributed by atoms with E-state index in [0.29, 0.717) is 88.6 Å². The second-order valence-corrected chi connectivity index (χ2v) is 25.9. The van der Waals surface area contributed by atoms with E-state index in [0.717, 1.165) is 0 Å². The van der Waals surface area contributed by atoms with Gasteiger partial charge in [0.05, 0.1) is 23.3 Å². The second kappa shape index (κ2) is 56.6. The molecule has 0 fully saturated rings. The number of primary amides is 4. The molecule has 0 rings (SSSR count). The van der Waals surface area contributed by atoms with Gasteiger partial charge in [-0.25, -0.2) is 0 Å². The number of hydrogen-bond donors (Lipinski definition) is 25. The van der Waals surface area contributed by atoms with Crippen molar-refractivity contribution in [3.05, 3.63) is 49.6 Å². The normalized spacial score (nSPS) is 13.7. The molecule has 0 saturated carbocycles. The maximum absolute atomic E-state index is 12.7. The first kappa shape index (κ1) is 103. The molecular weight excluding hydrogens is 1420 g/mol. The van der Waals surface area contributed by atoms with Crippen LogP contribution in [0.5, 0.6) is 0 Å². The van der Waals surface area contributed by atoms with Crippen molar-refractivity contribution in [2.75, 3.05) is 31.9 Å². The zero-order valence-electron chi connectivity index (χ0n) is 64.1. The Balaban J connectivity index is -0.000000661. The topological polar surface area (TPSA) is 674 Å². The van der Waals surface area contributed by atoms with Crippen LogP contribution in [0, 0.1) is 11.8 Å². The Bertz CT molecular complexity index is 2900. The molecule has 0 aromatic carbocycles. The molecule has 40 nitrogen and oxygen atoms in total. The molecular formula is C66H124N24O16S. The van der Waals surface area contributed by atoms with E-state index in [9.17, 15) is 76.7 Å². The fourth-order valence-electron chi connectivity index (χ4n) is 8.90. The van der Waals surface area contributed by atoms with Crippen molar-refractivity contribution in [1.29, 1.82) is 0 Å². The molecule has 0 bridgehead atoms. The van der Waals surface area contributed by atoms with Crippen molar-refractivity contribution >= 4 is 107 Å². The van der Waals surface area contributed by atoms with Crippen LogP contribution in [0.15, 0.2) is 49.6 Å². The van der Waals surface area contributed by atoms with Gasteiger partial charge in [-0.05, 0) is 104 Å². The summed E-state index contributed by atoms with van der Waals surface area (Å²) in [5, 5.41) is 41.5. The van der Waals surface area contributed by atoms with Gasteiger partial charge < -0.3 is 131 Å². The number of amides is 16. The summed E-state index contributed by atoms with van der Waals surface area (Å²) in [5.74, 6) is -7.18. The summed E-state index contributed by atoms with van der Waals surface area (Å²) in [4.78, 5) is 189. The lowest BCUT2D eigenvalue weighted by molar-refractivity contribution is -0.133. The van der Waals surface area contributed by atoms with Crippen LogP contribution in [0.4, 0.5) is 0 Å². The van der Waals surface area contributed by atoms with Crippen LogP contribution in [0.2, 0.25) is 0 Å². The zero-order chi connectivity index (χ0) is 83.6. The van der Waals surface area contributed by atoms with Crippen LogP contribution < -0.4 is 131 Å². The molecule has 0 saturated heterocycles. The molecule has 610 valence electrons. The third-order valence-electron chi connectivity index (χ3n) is 14.4. The van der Waals surface area contributed by atoms with Gasteiger partial charge in [0.15, 0.2) is 0 Å². The Labute approximate surface area is 632 Å². The van der Waals surface area contributed by atoms with E-state index in [2.05, 4.69) is 124 Å². The summed E-state index contributed by atoms with van der Waals surface area (Å²) in [6.45, 7) is 36.0. The number of carbonyl (C=O) groups excluding carboxylic acids is 16. The van der Waals surface area contributed by atoms with Gasteiger partial charge in [-0.2, -0.15) is 12.6 Å². The lowest BCUT2D eigenvalue weighted by atomic mass is 10.0. The Morgan fingerprint density at radius 2 is 0.533 bits per heavy atom. The predicted octanol–water partition coefficient (Wildman–Crippen LogP) is -6.90. The van der Waals surface area contributed by atoms with E-state index in [4.69, 9.17) is 45.9 Å². The number of hydrogen-bond acceptors (Lipinski definition) is 25. The van der Waals surface area contributed by atoms with Crippen molar-refractivity contribution in [2.45, 2.75) is 227 Å². The fourth-order valence-corrected chi connectivity index (χ4v) is 9.17. The Kier molecular flexibility index (Phi) is 54.3. The molecule has 16 amide bonds. The number of nitrogens with two attached hydrogens (primary N) is 8. The third-order valence-corrected chi connectivity index (χ3v) is 14.8. The van der Waals surface area contributed by atoms with Crippen molar-refractivity contribution in [1.82, 2.24) is 85.1 Å². The van der Waals surface area contributed by atoms with Crippen LogP contribution in [0.3, 0.4) is 0 Å². The quantitative estimate of drug-likeness (QED) is 0.0199. The molecule has 12 atom stereocenters. The highest BCUT2D eigenvalue weighted by Gasteiger charge is 2.32. The number of carbonyl (C=O) groups is 16. The number of nitrogens with one attached hydrogen (secondary N) is 16. The largest absolute Gasteiger partial charge is 0.386 e. The molecule has 0 aromatic heterocycles. The first-order valence-electron chi connectivity index (χ1n) is 34.6. The highest BCUT2D eigenvalue weighted by Crippen LogP contribution is 2.09. The maximum Gasteiger partial charge on any atom is 0.243 e. The monoisotopic (exact) mass is 1540 g/mol. The lowest BCUT2D eigenvalue weighted by Crippen LogP contribution is -2.56. The minimum absolute atomic E-state index is 0.0264. The number of rotatable bonds is 49. The van der Waals surface area contributed by atoms with Crippen LogP contribution in [-0.2, 0) is 76.7 Å². The van der Waals surface area contributed by atoms with Crippen molar-refractivity contribution in [3.63, 3.8) is 0 Å². The Morgan fingerprint density at radius 3 is 0.720 bits per heavy atom. The van der Waals surface area contributed by atoms with Gasteiger partial charge >= 0.3 is 0 Å². The van der Waals surface area contributed by atoms with Gasteiger partial charge in [0.2, 0.25) is 94.5 Å². The van der Waals surface area contributed by atoms with Gasteiger partial charge in [0, 0.05) is 59.6 Å². The van der Waals surface area contributed by atoms with E-state index < -0.39 is 143 Å². The summed E-state index contributed by atoms with van der Waals surface area (Å²) in [6.07, 6.45) is 3.87. The van der Waals surface area contributed by atoms with E-state index in [1.54, 1.807) is 20.8 Å². The minimum atomic E-state index is -0.958. The van der Waals surface area contributed by atoms with Crippen molar-refractivity contribution in [2.24, 2.45) is 57.7 Å². The summed E-state index contributed by atoms with van der Waals surface area (Å²) < 4.78 is 0. The van der Waals surface area contributed by atoms with Crippen molar-refractivity contribution < 1.29 is 76.7 Å². The zero-order valence-corrected chi connectivity index (χ0v) is 65.0. The highest BCUT2D eigenvalue weighted by molar-refractivity contribution is 7.80. The lowest BCUT2D eigenvalue weighted by Gasteiger charge is -2.25. The van der Waals surface area contributed by atoms with E-state index in [-0.39, 0.29) is 66.3 Å². The summed E-state index contributed by atoms with van der Waals surface area (Å²) in [7, 11) is 0. The summed E-state index contributed by atoms with van der Waals surface area (Å²) in [5.41, 5.74) is 42.8. The summed E-state index contributed by atoms with van der Waals surface area (Å²) >= 11 is 3.96. The molecule has 41 heteroatoms. The van der Waals surface area contributed by atoms with Gasteiger partial charge in [-0.1, -0.05) is 60.9 Å². The van der Waals surface area contributed by atoms with Gasteiger partial charge in [-0.3, -0.25) is 76.7 Å². The second-order valence-electron chi connectivity index (χ2n) is 25.6. The highest BCUT2D eigenvalue weighted by atomic mass is 32.1. The predicted molar refractivity (Wildman–Crippen MR) is 406 cm³/mol. The average molecular weight is 1540 g/mol. The minimum Gasteiger partial charge on any atom is -0.386 e. The Hall–Kier alpha value is -10.8. The molecule has 0 aromatic rings. The molecule has 0 aliphatic rings. The standard InChI is InChI=1S/C18H34N6O4.C17H32N6O4.C16H30N6O4.C15H28N6O4S/c1-10(2)9-15(16(20)26)24-18(28)14(7-6-8-21-12(4)19)23-17(27)11(3)22-13(5)25;1-9(2)14(15(19)25)23-17(27)13(7-6-8-20-11(4)18)22-16(26)10(3)21-12(5)24;1-5-12(14(18)24)21-16(26)13(7-6-8-19-10(3)17)22-15(25)9(2)20-11(4)23;1-8(19-10(3)22)14(24)20-11(5-4-6-18-9(2)16)15(25)21-12(7-26)13(17)23/h10-11,14-15,21H,4,6-9,19H2,1-3,5H3,(H2,20,26)(H,22,25)(H,23,27)(H,24,28);9-10,13-14,20H,4,6-8,18H2,1-3,5H3,(H2,19,25)(H,21,24)(H,22,26)(H,23,27);9,12-13,19H,3,5-8,17H2,1-2,4H3,(H2,18,24)(H,20,23)(H,21,26)(H,22,25);8,11-12,18,26H,2,4-7,16H2,1,3H3,(H2,17,23)(H,19,22)(H,20,24)(H,21,25)/t11-,14-,15-;10-,13-,14-;9-,12-,13-;8-,11-,12-/m0000/s1.